The molecule has 6 nitrogen and oxygen atoms in total. The number of hydrogen-bond donors (Lipinski definition) is 2. The lowest BCUT2D eigenvalue weighted by atomic mass is 10.1. The maximum Gasteiger partial charge on any atom is 0.469 e. The highest BCUT2D eigenvalue weighted by Gasteiger charge is 2.21. The molecule has 0 aromatic carbocycles. The summed E-state index contributed by atoms with van der Waals surface area (Å²) in [7, 11) is -4.54. The SMILES string of the molecule is CCCCCCCCCCCCOC(=O)CC(C)OP(=O)(O)O. The lowest BCUT2D eigenvalue weighted by molar-refractivity contribution is -0.145. The highest BCUT2D eigenvalue weighted by atomic mass is 31.2. The van der Waals surface area contributed by atoms with Crippen LogP contribution in [-0.4, -0.2) is 28.5 Å². The number of carbonyl (C=O) groups excluding carboxylic acids is 1. The topological polar surface area (TPSA) is 93.1 Å². The van der Waals surface area contributed by atoms with Gasteiger partial charge in [0.15, 0.2) is 0 Å². The van der Waals surface area contributed by atoms with Gasteiger partial charge in [-0.15, -0.1) is 0 Å². The third kappa shape index (κ3) is 17.8. The summed E-state index contributed by atoms with van der Waals surface area (Å²) < 4.78 is 20.0. The first-order valence-electron chi connectivity index (χ1n) is 8.74. The zero-order valence-electron chi connectivity index (χ0n) is 14.5. The van der Waals surface area contributed by atoms with E-state index in [9.17, 15) is 9.36 Å². The van der Waals surface area contributed by atoms with Gasteiger partial charge in [-0.3, -0.25) is 9.32 Å². The van der Waals surface area contributed by atoms with E-state index in [2.05, 4.69) is 11.4 Å². The Labute approximate surface area is 140 Å². The predicted octanol–water partition coefficient (Wildman–Crippen LogP) is 4.34. The summed E-state index contributed by atoms with van der Waals surface area (Å²) in [6, 6.07) is 0. The summed E-state index contributed by atoms with van der Waals surface area (Å²) >= 11 is 0. The molecule has 0 amide bonds. The van der Waals surface area contributed by atoms with Gasteiger partial charge >= 0.3 is 13.8 Å². The molecular formula is C16H33O6P. The lowest BCUT2D eigenvalue weighted by Gasteiger charge is -2.12. The van der Waals surface area contributed by atoms with Gasteiger partial charge in [0.1, 0.15) is 0 Å². The van der Waals surface area contributed by atoms with Crippen molar-refractivity contribution in [2.75, 3.05) is 6.61 Å². The van der Waals surface area contributed by atoms with E-state index in [-0.39, 0.29) is 6.42 Å². The fourth-order valence-corrected chi connectivity index (χ4v) is 2.88. The maximum absolute atomic E-state index is 11.4. The summed E-state index contributed by atoms with van der Waals surface area (Å²) in [5.74, 6) is -0.484. The van der Waals surface area contributed by atoms with E-state index in [0.29, 0.717) is 6.61 Å². The summed E-state index contributed by atoms with van der Waals surface area (Å²) in [5, 5.41) is 0. The van der Waals surface area contributed by atoms with Crippen molar-refractivity contribution in [1.29, 1.82) is 0 Å². The fourth-order valence-electron chi connectivity index (χ4n) is 2.34. The van der Waals surface area contributed by atoms with E-state index in [1.165, 1.54) is 51.9 Å². The first-order chi connectivity index (χ1) is 10.8. The molecule has 0 bridgehead atoms. The van der Waals surface area contributed by atoms with Crippen LogP contribution in [0, 0.1) is 0 Å². The van der Waals surface area contributed by atoms with Crippen LogP contribution in [0.2, 0.25) is 0 Å². The van der Waals surface area contributed by atoms with Crippen molar-refractivity contribution in [2.24, 2.45) is 0 Å². The number of phosphoric acid groups is 1. The van der Waals surface area contributed by atoms with Crippen LogP contribution in [0.1, 0.15) is 84.5 Å². The Morgan fingerprint density at radius 1 is 0.957 bits per heavy atom. The Balaban J connectivity index is 3.37. The third-order valence-corrected chi connectivity index (χ3v) is 4.17. The Bertz CT molecular complexity index is 341. The van der Waals surface area contributed by atoms with Gasteiger partial charge in [0, 0.05) is 0 Å². The number of esters is 1. The van der Waals surface area contributed by atoms with Crippen LogP contribution >= 0.6 is 7.82 Å². The molecule has 0 aliphatic rings. The molecular weight excluding hydrogens is 319 g/mol. The van der Waals surface area contributed by atoms with E-state index in [1.807, 2.05) is 0 Å². The number of phosphoric ester groups is 1. The van der Waals surface area contributed by atoms with Gasteiger partial charge < -0.3 is 14.5 Å². The minimum atomic E-state index is -4.54. The minimum Gasteiger partial charge on any atom is -0.466 e. The molecule has 0 aliphatic carbocycles. The standard InChI is InChI=1S/C16H33O6P/c1-3-4-5-6-7-8-9-10-11-12-13-21-16(17)14-15(2)22-23(18,19)20/h15H,3-14H2,1-2H3,(H2,18,19,20). The molecule has 0 aromatic heterocycles. The molecule has 0 saturated heterocycles. The molecule has 0 saturated carbocycles. The Morgan fingerprint density at radius 3 is 1.91 bits per heavy atom. The Morgan fingerprint density at radius 2 is 1.43 bits per heavy atom. The largest absolute Gasteiger partial charge is 0.469 e. The van der Waals surface area contributed by atoms with Gasteiger partial charge in [-0.05, 0) is 13.3 Å². The highest BCUT2D eigenvalue weighted by Crippen LogP contribution is 2.38. The molecule has 2 N–H and O–H groups in total. The number of hydrogen-bond acceptors (Lipinski definition) is 4. The number of rotatable bonds is 15. The highest BCUT2D eigenvalue weighted by molar-refractivity contribution is 7.46. The molecule has 0 aromatic rings. The second-order valence-corrected chi connectivity index (χ2v) is 7.21. The van der Waals surface area contributed by atoms with Crippen molar-refractivity contribution >= 4 is 13.8 Å². The zero-order chi connectivity index (χ0) is 17.6. The van der Waals surface area contributed by atoms with E-state index in [0.717, 1.165) is 19.3 Å². The van der Waals surface area contributed by atoms with Crippen molar-refractivity contribution in [1.82, 2.24) is 0 Å². The summed E-state index contributed by atoms with van der Waals surface area (Å²) in [5.41, 5.74) is 0. The van der Waals surface area contributed by atoms with Crippen LogP contribution in [0.25, 0.3) is 0 Å². The van der Waals surface area contributed by atoms with E-state index in [4.69, 9.17) is 14.5 Å². The van der Waals surface area contributed by atoms with Gasteiger partial charge in [-0.2, -0.15) is 0 Å². The normalized spacial score (nSPS) is 13.0. The van der Waals surface area contributed by atoms with Crippen molar-refractivity contribution in [3.05, 3.63) is 0 Å². The molecule has 7 heteroatoms. The molecule has 0 rings (SSSR count). The molecule has 138 valence electrons. The third-order valence-electron chi connectivity index (χ3n) is 3.53. The predicted molar refractivity (Wildman–Crippen MR) is 90.0 cm³/mol. The van der Waals surface area contributed by atoms with Crippen LogP contribution < -0.4 is 0 Å². The van der Waals surface area contributed by atoms with Crippen molar-refractivity contribution in [2.45, 2.75) is 90.6 Å². The first kappa shape index (κ1) is 22.6. The van der Waals surface area contributed by atoms with Gasteiger partial charge in [-0.25, -0.2) is 4.57 Å². The van der Waals surface area contributed by atoms with Gasteiger partial charge in [0.2, 0.25) is 0 Å². The second-order valence-electron chi connectivity index (χ2n) is 6.01. The molecule has 23 heavy (non-hydrogen) atoms. The fraction of sp³-hybridized carbons (Fsp3) is 0.938. The molecule has 1 unspecified atom stereocenters. The summed E-state index contributed by atoms with van der Waals surface area (Å²) in [6.45, 7) is 4.01. The number of unbranched alkanes of at least 4 members (excludes halogenated alkanes) is 9. The summed E-state index contributed by atoms with van der Waals surface area (Å²) in [6.07, 6.45) is 11.1. The molecule has 0 aliphatic heterocycles. The molecule has 1 atom stereocenters. The zero-order valence-corrected chi connectivity index (χ0v) is 15.4. The van der Waals surface area contributed by atoms with Crippen molar-refractivity contribution < 1.29 is 28.4 Å². The van der Waals surface area contributed by atoms with Gasteiger partial charge in [-0.1, -0.05) is 64.7 Å². The molecule has 0 spiro atoms. The van der Waals surface area contributed by atoms with Gasteiger partial charge in [0.05, 0.1) is 19.1 Å². The average molecular weight is 352 g/mol. The number of carbonyl (C=O) groups is 1. The van der Waals surface area contributed by atoms with Crippen LogP contribution in [0.15, 0.2) is 0 Å². The number of ether oxygens (including phenoxy) is 1. The van der Waals surface area contributed by atoms with E-state index < -0.39 is 19.9 Å². The van der Waals surface area contributed by atoms with Crippen molar-refractivity contribution in [3.8, 4) is 0 Å². The molecule has 0 heterocycles. The quantitative estimate of drug-likeness (QED) is 0.259. The van der Waals surface area contributed by atoms with Crippen LogP contribution in [0.4, 0.5) is 0 Å². The Kier molecular flexibility index (Phi) is 13.7. The first-order valence-corrected chi connectivity index (χ1v) is 10.3. The summed E-state index contributed by atoms with van der Waals surface area (Å²) in [4.78, 5) is 28.7. The van der Waals surface area contributed by atoms with Crippen LogP contribution in [-0.2, 0) is 18.6 Å². The van der Waals surface area contributed by atoms with E-state index in [1.54, 1.807) is 0 Å². The minimum absolute atomic E-state index is 0.150. The maximum atomic E-state index is 11.4. The van der Waals surface area contributed by atoms with Crippen LogP contribution in [0.3, 0.4) is 0 Å². The van der Waals surface area contributed by atoms with Gasteiger partial charge in [0.25, 0.3) is 0 Å². The molecule has 0 fully saturated rings. The van der Waals surface area contributed by atoms with Crippen molar-refractivity contribution in [3.63, 3.8) is 0 Å². The monoisotopic (exact) mass is 352 g/mol. The second kappa shape index (κ2) is 14.0. The average Bonchev–Trinajstić information content (AvgIpc) is 2.42. The lowest BCUT2D eigenvalue weighted by Crippen LogP contribution is -2.15. The Hall–Kier alpha value is -0.420. The molecule has 0 radical (unpaired) electrons. The van der Waals surface area contributed by atoms with Crippen LogP contribution in [0.5, 0.6) is 0 Å². The van der Waals surface area contributed by atoms with E-state index >= 15 is 0 Å². The smallest absolute Gasteiger partial charge is 0.466 e.